The monoisotopic (exact) mass is 1310 g/mol. The molecule has 14 aromatic rings. The SMILES string of the molecule is CC(C)(C)c1ccc2c(c1)B1c3[se]c4c5c3N(c3ccccc3N5c3cc(-c5ccccc5)cc5c3B4c3ccc(C(C)(C)C)cc3N5c3cc(-c4ccccc4)cc(-c4ccccc4)c3)c3cc(-c4ccccc4)cc(c31)N2c1cc(-c2ccccc2)cc(-c2ccccc2)c1. The van der Waals surface area contributed by atoms with Gasteiger partial charge in [0.1, 0.15) is 0 Å². The zero-order chi connectivity index (χ0) is 65.0. The third-order valence-electron chi connectivity index (χ3n) is 20.9. The van der Waals surface area contributed by atoms with Crippen LogP contribution in [-0.2, 0) is 10.8 Å². The number of benzene rings is 13. The van der Waals surface area contributed by atoms with Crippen LogP contribution >= 0.6 is 0 Å². The molecule has 0 amide bonds. The van der Waals surface area contributed by atoms with E-state index >= 15 is 0 Å². The molecule has 0 saturated heterocycles. The first-order valence-corrected chi connectivity index (χ1v) is 35.8. The zero-order valence-electron chi connectivity index (χ0n) is 55.2. The number of fused-ring (bicyclic) bond motifs is 11. The summed E-state index contributed by atoms with van der Waals surface area (Å²) in [6.45, 7) is 14.1. The minimum absolute atomic E-state index is 0.0509. The van der Waals surface area contributed by atoms with Crippen LogP contribution in [0.2, 0.25) is 0 Å². The van der Waals surface area contributed by atoms with Crippen LogP contribution in [0.4, 0.5) is 68.2 Å². The van der Waals surface area contributed by atoms with E-state index in [0.717, 1.165) is 11.4 Å². The van der Waals surface area contributed by atoms with E-state index in [1.165, 1.54) is 165 Å². The second-order valence-electron chi connectivity index (χ2n) is 28.9. The van der Waals surface area contributed by atoms with E-state index in [4.69, 9.17) is 0 Å². The molecule has 6 heterocycles. The second-order valence-corrected chi connectivity index (χ2v) is 31.1. The fourth-order valence-corrected chi connectivity index (χ4v) is 19.5. The van der Waals surface area contributed by atoms with E-state index in [-0.39, 0.29) is 38.8 Å². The summed E-state index contributed by atoms with van der Waals surface area (Å²) in [4.78, 5) is 10.8. The fourth-order valence-electron chi connectivity index (χ4n) is 16.3. The maximum absolute atomic E-state index is 2.74. The van der Waals surface area contributed by atoms with Crippen LogP contribution in [0.15, 0.2) is 303 Å². The topological polar surface area (TPSA) is 13.0 Å². The van der Waals surface area contributed by atoms with Crippen LogP contribution in [0.3, 0.4) is 0 Å². The Morgan fingerprint density at radius 1 is 0.237 bits per heavy atom. The molecule has 0 spiro atoms. The van der Waals surface area contributed by atoms with E-state index in [1.54, 1.807) is 0 Å². The van der Waals surface area contributed by atoms with E-state index < -0.39 is 0 Å². The molecule has 19 rings (SSSR count). The van der Waals surface area contributed by atoms with Crippen LogP contribution in [0.5, 0.6) is 0 Å². The van der Waals surface area contributed by atoms with Gasteiger partial charge in [0.25, 0.3) is 0 Å². The molecule has 0 fully saturated rings. The third kappa shape index (κ3) is 9.12. The molecule has 97 heavy (non-hydrogen) atoms. The molecule has 0 saturated carbocycles. The Balaban J connectivity index is 0.923. The van der Waals surface area contributed by atoms with Gasteiger partial charge in [0, 0.05) is 0 Å². The molecule has 0 aliphatic carbocycles. The average molecular weight is 1310 g/mol. The Labute approximate surface area is 576 Å². The van der Waals surface area contributed by atoms with Gasteiger partial charge < -0.3 is 0 Å². The average Bonchev–Trinajstić information content (AvgIpc) is 1.59. The molecule has 0 bridgehead atoms. The van der Waals surface area contributed by atoms with Crippen molar-refractivity contribution in [3.8, 4) is 66.8 Å². The molecular formula is C90H68B2N4Se. The second kappa shape index (κ2) is 21.9. The molecule has 1 aromatic heterocycles. The van der Waals surface area contributed by atoms with E-state index in [0.29, 0.717) is 0 Å². The Hall–Kier alpha value is -10.8. The van der Waals surface area contributed by atoms with Crippen molar-refractivity contribution in [1.29, 1.82) is 0 Å². The number of rotatable bonds is 8. The Bertz CT molecular complexity index is 5390. The molecule has 0 unspecified atom stereocenters. The first kappa shape index (κ1) is 57.6. The normalized spacial score (nSPS) is 13.5. The summed E-state index contributed by atoms with van der Waals surface area (Å²) in [5.41, 5.74) is 36.7. The van der Waals surface area contributed by atoms with Gasteiger partial charge in [-0.05, 0) is 0 Å². The van der Waals surface area contributed by atoms with Crippen molar-refractivity contribution in [3.63, 3.8) is 0 Å². The van der Waals surface area contributed by atoms with Gasteiger partial charge >= 0.3 is 580 Å². The van der Waals surface area contributed by atoms with Crippen molar-refractivity contribution in [3.05, 3.63) is 314 Å². The minimum atomic E-state index is -0.153. The summed E-state index contributed by atoms with van der Waals surface area (Å²) >= 11 is -0.153. The molecule has 13 aromatic carbocycles. The summed E-state index contributed by atoms with van der Waals surface area (Å²) < 4.78 is 3.03. The molecule has 0 radical (unpaired) electrons. The molecule has 4 nitrogen and oxygen atoms in total. The van der Waals surface area contributed by atoms with Gasteiger partial charge in [-0.3, -0.25) is 0 Å². The summed E-state index contributed by atoms with van der Waals surface area (Å²) in [6.07, 6.45) is 0. The molecule has 0 atom stereocenters. The predicted molar refractivity (Wildman–Crippen MR) is 415 cm³/mol. The van der Waals surface area contributed by atoms with Crippen LogP contribution in [0.1, 0.15) is 52.7 Å². The van der Waals surface area contributed by atoms with Gasteiger partial charge in [0.2, 0.25) is 0 Å². The van der Waals surface area contributed by atoms with E-state index in [1.807, 2.05) is 0 Å². The number of hydrogen-bond acceptors (Lipinski definition) is 4. The van der Waals surface area contributed by atoms with Crippen molar-refractivity contribution in [2.24, 2.45) is 0 Å². The summed E-state index contributed by atoms with van der Waals surface area (Å²) in [5, 5.41) is 0. The predicted octanol–water partition coefficient (Wildman–Crippen LogP) is 19.8. The molecule has 7 heteroatoms. The molecule has 460 valence electrons. The van der Waals surface area contributed by atoms with Crippen LogP contribution < -0.4 is 50.1 Å². The quantitative estimate of drug-likeness (QED) is 0.141. The standard InChI is InChI=1S/C90H68B2N4Se/c1-89(2,3)69-42-44-75-74(55-69)92-84-79(93(75)71-47-63(57-27-13-7-14-28-57)45-64(48-71)58-29-15-8-16-30-58)51-67(61-35-21-11-22-36-61)54-82(84)96-77-40-26-25-39-76(77)95-81-53-68(62-37-23-12-24-38-62)52-80-83(81)91(87-85(95)86(96)88(92)97-87)73-43-41-70(90(4,5)6)56-78(73)94(80)72-49-65(59-31-17-9-18-32-59)46-66(50-72)60-33-19-10-20-34-60/h7-56H,1-6H3. The Morgan fingerprint density at radius 3 is 0.918 bits per heavy atom. The summed E-state index contributed by atoms with van der Waals surface area (Å²) in [7, 11) is 0. The summed E-state index contributed by atoms with van der Waals surface area (Å²) in [6, 6.07) is 115. The number of anilines is 12. The van der Waals surface area contributed by atoms with Gasteiger partial charge in [-0.25, -0.2) is 0 Å². The van der Waals surface area contributed by atoms with Crippen molar-refractivity contribution in [1.82, 2.24) is 0 Å². The first-order chi connectivity index (χ1) is 47.4. The number of para-hydroxylation sites is 2. The van der Waals surface area contributed by atoms with Gasteiger partial charge in [0.05, 0.1) is 0 Å². The Kier molecular flexibility index (Phi) is 13.0. The van der Waals surface area contributed by atoms with E-state index in [2.05, 4.69) is 364 Å². The van der Waals surface area contributed by atoms with Gasteiger partial charge in [-0.1, -0.05) is 0 Å². The molecular weight excluding hydrogens is 1240 g/mol. The van der Waals surface area contributed by atoms with Crippen LogP contribution in [0, 0.1) is 0 Å². The van der Waals surface area contributed by atoms with Crippen molar-refractivity contribution in [2.45, 2.75) is 52.4 Å². The number of nitrogens with zero attached hydrogens (tertiary/aromatic N) is 4. The van der Waals surface area contributed by atoms with Gasteiger partial charge in [-0.15, -0.1) is 0 Å². The Morgan fingerprint density at radius 2 is 0.546 bits per heavy atom. The third-order valence-corrected chi connectivity index (χ3v) is 23.7. The maximum atomic E-state index is 2.74. The zero-order valence-corrected chi connectivity index (χ0v) is 56.9. The molecule has 0 N–H and O–H groups in total. The summed E-state index contributed by atoms with van der Waals surface area (Å²) in [5.74, 6) is 0. The van der Waals surface area contributed by atoms with Crippen LogP contribution in [-0.4, -0.2) is 27.9 Å². The first-order valence-electron chi connectivity index (χ1n) is 34.1. The molecule has 5 aliphatic rings. The van der Waals surface area contributed by atoms with Gasteiger partial charge in [-0.2, -0.15) is 0 Å². The van der Waals surface area contributed by atoms with Crippen LogP contribution in [0.25, 0.3) is 66.8 Å². The van der Waals surface area contributed by atoms with Crippen molar-refractivity contribution < 1.29 is 0 Å². The molecule has 5 aliphatic heterocycles. The van der Waals surface area contributed by atoms with Crippen molar-refractivity contribution in [2.75, 3.05) is 19.6 Å². The fraction of sp³-hybridized carbons (Fsp3) is 0.0889. The van der Waals surface area contributed by atoms with E-state index in [9.17, 15) is 0 Å². The van der Waals surface area contributed by atoms with Crippen molar-refractivity contribution >= 4 is 127 Å². The number of hydrogen-bond donors (Lipinski definition) is 0. The van der Waals surface area contributed by atoms with Gasteiger partial charge in [0.15, 0.2) is 0 Å².